The van der Waals surface area contributed by atoms with Crippen molar-refractivity contribution < 1.29 is 14.3 Å². The molecular formula is C13H14ClN3O3S. The van der Waals surface area contributed by atoms with Crippen LogP contribution in [0.4, 0.5) is 0 Å². The summed E-state index contributed by atoms with van der Waals surface area (Å²) in [5.41, 5.74) is 0. The number of esters is 1. The summed E-state index contributed by atoms with van der Waals surface area (Å²) in [6.07, 6.45) is 0. The van der Waals surface area contributed by atoms with Gasteiger partial charge in [-0.05, 0) is 12.1 Å². The van der Waals surface area contributed by atoms with Gasteiger partial charge in [-0.2, -0.15) is 0 Å². The van der Waals surface area contributed by atoms with Gasteiger partial charge in [0.25, 0.3) is 0 Å². The molecule has 0 bridgehead atoms. The number of hydrogen-bond acceptors (Lipinski definition) is 6. The molecule has 0 saturated carbocycles. The lowest BCUT2D eigenvalue weighted by Crippen LogP contribution is -2.06. The van der Waals surface area contributed by atoms with Crippen LogP contribution in [0.25, 0.3) is 0 Å². The van der Waals surface area contributed by atoms with Gasteiger partial charge in [-0.3, -0.25) is 4.79 Å². The monoisotopic (exact) mass is 327 g/mol. The van der Waals surface area contributed by atoms with E-state index in [4.69, 9.17) is 16.3 Å². The van der Waals surface area contributed by atoms with Gasteiger partial charge in [-0.15, -0.1) is 10.2 Å². The highest BCUT2D eigenvalue weighted by Gasteiger charge is 2.12. The Hall–Kier alpha value is -1.73. The van der Waals surface area contributed by atoms with Gasteiger partial charge >= 0.3 is 5.97 Å². The minimum atomic E-state index is -0.308. The summed E-state index contributed by atoms with van der Waals surface area (Å²) in [7, 11) is 3.16. The maximum absolute atomic E-state index is 11.1. The predicted molar refractivity (Wildman–Crippen MR) is 79.5 cm³/mol. The molecule has 112 valence electrons. The smallest absolute Gasteiger partial charge is 0.316 e. The third kappa shape index (κ3) is 4.12. The van der Waals surface area contributed by atoms with Crippen molar-refractivity contribution in [1.82, 2.24) is 14.8 Å². The fourth-order valence-corrected chi connectivity index (χ4v) is 2.44. The van der Waals surface area contributed by atoms with E-state index in [2.05, 4.69) is 14.9 Å². The van der Waals surface area contributed by atoms with Crippen molar-refractivity contribution in [3.8, 4) is 5.75 Å². The first-order chi connectivity index (χ1) is 10.1. The molecule has 0 spiro atoms. The molecular weight excluding hydrogens is 314 g/mol. The third-order valence-electron chi connectivity index (χ3n) is 2.67. The minimum absolute atomic E-state index is 0.188. The van der Waals surface area contributed by atoms with E-state index in [1.165, 1.54) is 18.9 Å². The van der Waals surface area contributed by atoms with Crippen LogP contribution in [0.1, 0.15) is 5.82 Å². The molecule has 2 rings (SSSR count). The zero-order chi connectivity index (χ0) is 15.2. The molecule has 0 amide bonds. The number of halogens is 1. The van der Waals surface area contributed by atoms with Gasteiger partial charge in [-0.25, -0.2) is 0 Å². The topological polar surface area (TPSA) is 66.2 Å². The average Bonchev–Trinajstić information content (AvgIpc) is 2.84. The van der Waals surface area contributed by atoms with Crippen LogP contribution in [-0.4, -0.2) is 33.6 Å². The molecule has 0 atom stereocenters. The van der Waals surface area contributed by atoms with Gasteiger partial charge in [0.2, 0.25) is 0 Å². The standard InChI is InChI=1S/C13H14ClN3O3S/c1-17-11(7-20-10-6-4-3-5-9(10)14)15-16-13(17)21-8-12(18)19-2/h3-6H,7-8H2,1-2H3. The van der Waals surface area contributed by atoms with E-state index in [1.807, 2.05) is 19.2 Å². The van der Waals surface area contributed by atoms with Crippen molar-refractivity contribution in [2.24, 2.45) is 7.05 Å². The lowest BCUT2D eigenvalue weighted by atomic mass is 10.3. The van der Waals surface area contributed by atoms with Crippen LogP contribution in [0, 0.1) is 0 Å². The molecule has 1 heterocycles. The fraction of sp³-hybridized carbons (Fsp3) is 0.308. The lowest BCUT2D eigenvalue weighted by Gasteiger charge is -2.07. The Balaban J connectivity index is 1.97. The molecule has 0 aliphatic carbocycles. The highest BCUT2D eigenvalue weighted by molar-refractivity contribution is 7.99. The maximum atomic E-state index is 11.1. The Morgan fingerprint density at radius 3 is 2.86 bits per heavy atom. The molecule has 1 aromatic carbocycles. The van der Waals surface area contributed by atoms with Gasteiger partial charge in [0.15, 0.2) is 11.0 Å². The van der Waals surface area contributed by atoms with Crippen molar-refractivity contribution in [2.45, 2.75) is 11.8 Å². The van der Waals surface area contributed by atoms with E-state index in [9.17, 15) is 4.79 Å². The quantitative estimate of drug-likeness (QED) is 0.599. The Bertz CT molecular complexity index is 633. The molecule has 0 saturated heterocycles. The highest BCUT2D eigenvalue weighted by atomic mass is 35.5. The molecule has 0 unspecified atom stereocenters. The number of carbonyl (C=O) groups excluding carboxylic acids is 1. The summed E-state index contributed by atoms with van der Waals surface area (Å²) in [6.45, 7) is 0.242. The van der Waals surface area contributed by atoms with Crippen LogP contribution in [-0.2, 0) is 23.2 Å². The predicted octanol–water partition coefficient (Wildman–Crippen LogP) is 2.31. The molecule has 0 N–H and O–H groups in total. The van der Waals surface area contributed by atoms with Crippen molar-refractivity contribution >= 4 is 29.3 Å². The van der Waals surface area contributed by atoms with E-state index in [0.29, 0.717) is 21.8 Å². The summed E-state index contributed by atoms with van der Waals surface area (Å²) < 4.78 is 12.0. The first-order valence-corrected chi connectivity index (χ1v) is 7.43. The van der Waals surface area contributed by atoms with Crippen LogP contribution in [0.2, 0.25) is 5.02 Å². The van der Waals surface area contributed by atoms with Crippen molar-refractivity contribution in [3.05, 3.63) is 35.1 Å². The molecule has 6 nitrogen and oxygen atoms in total. The van der Waals surface area contributed by atoms with Gasteiger partial charge in [0.1, 0.15) is 12.4 Å². The molecule has 0 fully saturated rings. The molecule has 0 aliphatic rings. The van der Waals surface area contributed by atoms with Gasteiger partial charge in [0.05, 0.1) is 17.9 Å². The maximum Gasteiger partial charge on any atom is 0.316 e. The zero-order valence-corrected chi connectivity index (χ0v) is 13.1. The largest absolute Gasteiger partial charge is 0.484 e. The van der Waals surface area contributed by atoms with Crippen LogP contribution >= 0.6 is 23.4 Å². The molecule has 21 heavy (non-hydrogen) atoms. The number of methoxy groups -OCH3 is 1. The van der Waals surface area contributed by atoms with E-state index in [0.717, 1.165) is 0 Å². The van der Waals surface area contributed by atoms with Crippen molar-refractivity contribution in [1.29, 1.82) is 0 Å². The summed E-state index contributed by atoms with van der Waals surface area (Å²) >= 11 is 7.27. The van der Waals surface area contributed by atoms with E-state index in [1.54, 1.807) is 16.7 Å². The number of nitrogens with zero attached hydrogens (tertiary/aromatic N) is 3. The Morgan fingerprint density at radius 2 is 2.14 bits per heavy atom. The Morgan fingerprint density at radius 1 is 1.38 bits per heavy atom. The summed E-state index contributed by atoms with van der Waals surface area (Å²) in [4.78, 5) is 11.1. The fourth-order valence-electron chi connectivity index (χ4n) is 1.48. The Kier molecular flexibility index (Phi) is 5.46. The van der Waals surface area contributed by atoms with Crippen molar-refractivity contribution in [3.63, 3.8) is 0 Å². The first-order valence-electron chi connectivity index (χ1n) is 6.07. The number of rotatable bonds is 6. The van der Waals surface area contributed by atoms with E-state index >= 15 is 0 Å². The molecule has 8 heteroatoms. The van der Waals surface area contributed by atoms with E-state index < -0.39 is 0 Å². The van der Waals surface area contributed by atoms with Crippen LogP contribution < -0.4 is 4.74 Å². The Labute approximate surface area is 131 Å². The highest BCUT2D eigenvalue weighted by Crippen LogP contribution is 2.24. The van der Waals surface area contributed by atoms with Crippen LogP contribution in [0.3, 0.4) is 0 Å². The number of para-hydroxylation sites is 1. The number of benzene rings is 1. The number of thioether (sulfide) groups is 1. The van der Waals surface area contributed by atoms with Gasteiger partial charge in [0, 0.05) is 7.05 Å². The third-order valence-corrected chi connectivity index (χ3v) is 3.97. The van der Waals surface area contributed by atoms with Gasteiger partial charge < -0.3 is 14.0 Å². The lowest BCUT2D eigenvalue weighted by molar-refractivity contribution is -0.137. The van der Waals surface area contributed by atoms with Crippen molar-refractivity contribution in [2.75, 3.05) is 12.9 Å². The first kappa shape index (κ1) is 15.7. The number of ether oxygens (including phenoxy) is 2. The summed E-state index contributed by atoms with van der Waals surface area (Å²) in [5.74, 6) is 1.11. The molecule has 1 aromatic heterocycles. The van der Waals surface area contributed by atoms with Gasteiger partial charge in [-0.1, -0.05) is 35.5 Å². The molecule has 0 aliphatic heterocycles. The second-order valence-electron chi connectivity index (χ2n) is 4.04. The number of aromatic nitrogens is 3. The molecule has 2 aromatic rings. The average molecular weight is 328 g/mol. The van der Waals surface area contributed by atoms with Crippen LogP contribution in [0.5, 0.6) is 5.75 Å². The second kappa shape index (κ2) is 7.33. The van der Waals surface area contributed by atoms with Crippen LogP contribution in [0.15, 0.2) is 29.4 Å². The SMILES string of the molecule is COC(=O)CSc1nnc(COc2ccccc2Cl)n1C. The second-order valence-corrected chi connectivity index (χ2v) is 5.39. The number of carbonyl (C=O) groups is 1. The zero-order valence-electron chi connectivity index (χ0n) is 11.6. The number of hydrogen-bond donors (Lipinski definition) is 0. The normalized spacial score (nSPS) is 10.4. The summed E-state index contributed by atoms with van der Waals surface area (Å²) in [6, 6.07) is 7.21. The van der Waals surface area contributed by atoms with E-state index in [-0.39, 0.29) is 18.3 Å². The summed E-state index contributed by atoms with van der Waals surface area (Å²) in [5, 5.41) is 9.21. The minimum Gasteiger partial charge on any atom is -0.484 e. The molecule has 0 radical (unpaired) electrons.